The smallest absolute Gasteiger partial charge is 0.217 e. The molecule has 0 saturated heterocycles. The summed E-state index contributed by atoms with van der Waals surface area (Å²) in [6.45, 7) is 5.53. The van der Waals surface area contributed by atoms with Gasteiger partial charge in [0.2, 0.25) is 5.91 Å². The lowest BCUT2D eigenvalue weighted by molar-refractivity contribution is -0.119. The van der Waals surface area contributed by atoms with Crippen LogP contribution in [-0.2, 0) is 9.53 Å². The SMILES string of the molecule is CC(=O)NC1C=COC(C)(C)C1. The molecule has 0 aromatic carbocycles. The van der Waals surface area contributed by atoms with Gasteiger partial charge in [-0.05, 0) is 19.9 Å². The number of ether oxygens (including phenoxy) is 1. The molecular formula is C9H15NO2. The average Bonchev–Trinajstić information content (AvgIpc) is 1.82. The van der Waals surface area contributed by atoms with Crippen LogP contribution in [0.5, 0.6) is 0 Å². The van der Waals surface area contributed by atoms with Crippen LogP contribution in [0, 0.1) is 0 Å². The lowest BCUT2D eigenvalue weighted by Gasteiger charge is -2.31. The highest BCUT2D eigenvalue weighted by Gasteiger charge is 2.26. The maximum atomic E-state index is 10.7. The summed E-state index contributed by atoms with van der Waals surface area (Å²) in [6, 6.07) is 0.117. The first-order valence-corrected chi connectivity index (χ1v) is 4.11. The van der Waals surface area contributed by atoms with Gasteiger partial charge in [0.05, 0.1) is 12.3 Å². The second-order valence-electron chi connectivity index (χ2n) is 3.72. The summed E-state index contributed by atoms with van der Waals surface area (Å²) in [5, 5.41) is 2.83. The highest BCUT2D eigenvalue weighted by molar-refractivity contribution is 5.73. The summed E-state index contributed by atoms with van der Waals surface area (Å²) < 4.78 is 5.35. The van der Waals surface area contributed by atoms with E-state index in [0.717, 1.165) is 6.42 Å². The third-order valence-corrected chi connectivity index (χ3v) is 1.80. The summed E-state index contributed by atoms with van der Waals surface area (Å²) in [5.41, 5.74) is -0.165. The first-order valence-electron chi connectivity index (χ1n) is 4.11. The van der Waals surface area contributed by atoms with E-state index in [-0.39, 0.29) is 17.6 Å². The quantitative estimate of drug-likeness (QED) is 0.640. The molecule has 1 heterocycles. The standard InChI is InChI=1S/C9H15NO2/c1-7(11)10-8-4-5-12-9(2,3)6-8/h4-5,8H,6H2,1-3H3,(H,10,11). The third kappa shape index (κ3) is 2.57. The van der Waals surface area contributed by atoms with Crippen molar-refractivity contribution in [2.75, 3.05) is 0 Å². The Morgan fingerprint density at radius 3 is 2.83 bits per heavy atom. The highest BCUT2D eigenvalue weighted by Crippen LogP contribution is 2.21. The Morgan fingerprint density at radius 2 is 2.33 bits per heavy atom. The fraction of sp³-hybridized carbons (Fsp3) is 0.667. The predicted octanol–water partition coefficient (Wildman–Crippen LogP) is 1.20. The van der Waals surface area contributed by atoms with E-state index in [0.29, 0.717) is 0 Å². The Balaban J connectivity index is 2.52. The average molecular weight is 169 g/mol. The second-order valence-corrected chi connectivity index (χ2v) is 3.72. The molecule has 3 heteroatoms. The summed E-state index contributed by atoms with van der Waals surface area (Å²) >= 11 is 0. The van der Waals surface area contributed by atoms with Crippen LogP contribution >= 0.6 is 0 Å². The molecule has 0 fully saturated rings. The van der Waals surface area contributed by atoms with Crippen molar-refractivity contribution < 1.29 is 9.53 Å². The molecular weight excluding hydrogens is 154 g/mol. The number of hydrogen-bond acceptors (Lipinski definition) is 2. The van der Waals surface area contributed by atoms with Crippen LogP contribution in [0.25, 0.3) is 0 Å². The van der Waals surface area contributed by atoms with Gasteiger partial charge in [0, 0.05) is 13.3 Å². The molecule has 0 aromatic rings. The van der Waals surface area contributed by atoms with Gasteiger partial charge in [0.15, 0.2) is 0 Å². The van der Waals surface area contributed by atoms with E-state index >= 15 is 0 Å². The van der Waals surface area contributed by atoms with Crippen LogP contribution in [0.15, 0.2) is 12.3 Å². The van der Waals surface area contributed by atoms with Gasteiger partial charge >= 0.3 is 0 Å². The van der Waals surface area contributed by atoms with E-state index in [9.17, 15) is 4.79 Å². The Bertz CT molecular complexity index is 209. The second kappa shape index (κ2) is 3.17. The van der Waals surface area contributed by atoms with E-state index in [1.54, 1.807) is 6.26 Å². The Labute approximate surface area is 72.8 Å². The molecule has 1 aliphatic rings. The molecule has 0 spiro atoms. The van der Waals surface area contributed by atoms with Crippen molar-refractivity contribution in [3.8, 4) is 0 Å². The van der Waals surface area contributed by atoms with E-state index in [2.05, 4.69) is 5.32 Å². The molecule has 0 aliphatic carbocycles. The maximum absolute atomic E-state index is 10.7. The molecule has 68 valence electrons. The van der Waals surface area contributed by atoms with Gasteiger partial charge < -0.3 is 10.1 Å². The molecule has 1 amide bonds. The van der Waals surface area contributed by atoms with Crippen molar-refractivity contribution in [2.45, 2.75) is 38.8 Å². The zero-order valence-corrected chi connectivity index (χ0v) is 7.76. The molecule has 0 bridgehead atoms. The number of carbonyl (C=O) groups excluding carboxylic acids is 1. The minimum Gasteiger partial charge on any atom is -0.496 e. The van der Waals surface area contributed by atoms with Crippen molar-refractivity contribution >= 4 is 5.91 Å². The van der Waals surface area contributed by atoms with Gasteiger partial charge in [0.25, 0.3) is 0 Å². The number of hydrogen-bond donors (Lipinski definition) is 1. The minimum absolute atomic E-state index is 0.00218. The zero-order chi connectivity index (χ0) is 9.19. The molecule has 12 heavy (non-hydrogen) atoms. The van der Waals surface area contributed by atoms with E-state index in [1.165, 1.54) is 6.92 Å². The topological polar surface area (TPSA) is 38.3 Å². The van der Waals surface area contributed by atoms with Crippen LogP contribution in [0.1, 0.15) is 27.2 Å². The third-order valence-electron chi connectivity index (χ3n) is 1.80. The van der Waals surface area contributed by atoms with E-state index in [1.807, 2.05) is 19.9 Å². The lowest BCUT2D eigenvalue weighted by Crippen LogP contribution is -2.40. The van der Waals surface area contributed by atoms with Crippen LogP contribution in [0.2, 0.25) is 0 Å². The Morgan fingerprint density at radius 1 is 1.67 bits per heavy atom. The van der Waals surface area contributed by atoms with Gasteiger partial charge in [0.1, 0.15) is 5.60 Å². The maximum Gasteiger partial charge on any atom is 0.217 e. The van der Waals surface area contributed by atoms with Gasteiger partial charge in [-0.15, -0.1) is 0 Å². The van der Waals surface area contributed by atoms with Crippen LogP contribution in [0.3, 0.4) is 0 Å². The van der Waals surface area contributed by atoms with Crippen LogP contribution < -0.4 is 5.32 Å². The van der Waals surface area contributed by atoms with Crippen molar-refractivity contribution in [3.63, 3.8) is 0 Å². The highest BCUT2D eigenvalue weighted by atomic mass is 16.5. The van der Waals surface area contributed by atoms with E-state index in [4.69, 9.17) is 4.74 Å². The molecule has 1 N–H and O–H groups in total. The number of rotatable bonds is 1. The van der Waals surface area contributed by atoms with Crippen LogP contribution in [0.4, 0.5) is 0 Å². The fourth-order valence-corrected chi connectivity index (χ4v) is 1.32. The minimum atomic E-state index is -0.165. The van der Waals surface area contributed by atoms with E-state index < -0.39 is 0 Å². The first kappa shape index (κ1) is 9.10. The Kier molecular flexibility index (Phi) is 2.40. The summed E-state index contributed by atoms with van der Waals surface area (Å²) in [7, 11) is 0. The molecule has 0 radical (unpaired) electrons. The largest absolute Gasteiger partial charge is 0.496 e. The normalized spacial score (nSPS) is 26.1. The van der Waals surface area contributed by atoms with Crippen molar-refractivity contribution in [1.29, 1.82) is 0 Å². The molecule has 1 atom stereocenters. The monoisotopic (exact) mass is 169 g/mol. The van der Waals surface area contributed by atoms with Crippen molar-refractivity contribution in [1.82, 2.24) is 5.32 Å². The predicted molar refractivity (Wildman–Crippen MR) is 46.5 cm³/mol. The fourth-order valence-electron chi connectivity index (χ4n) is 1.32. The summed E-state index contributed by atoms with van der Waals surface area (Å²) in [5.74, 6) is 0.00218. The Hall–Kier alpha value is -0.990. The molecule has 0 saturated carbocycles. The first-order chi connectivity index (χ1) is 5.49. The molecule has 1 unspecified atom stereocenters. The zero-order valence-electron chi connectivity index (χ0n) is 7.76. The molecule has 1 aliphatic heterocycles. The van der Waals surface area contributed by atoms with Crippen LogP contribution in [-0.4, -0.2) is 17.6 Å². The summed E-state index contributed by atoms with van der Waals surface area (Å²) in [6.07, 6.45) is 4.35. The summed E-state index contributed by atoms with van der Waals surface area (Å²) in [4.78, 5) is 10.7. The van der Waals surface area contributed by atoms with Gasteiger partial charge in [-0.3, -0.25) is 4.79 Å². The molecule has 0 aromatic heterocycles. The molecule has 3 nitrogen and oxygen atoms in total. The number of carbonyl (C=O) groups is 1. The van der Waals surface area contributed by atoms with Crippen molar-refractivity contribution in [2.24, 2.45) is 0 Å². The van der Waals surface area contributed by atoms with Crippen molar-refractivity contribution in [3.05, 3.63) is 12.3 Å². The molecule has 1 rings (SSSR count). The van der Waals surface area contributed by atoms with Gasteiger partial charge in [-0.2, -0.15) is 0 Å². The lowest BCUT2D eigenvalue weighted by atomic mass is 9.97. The van der Waals surface area contributed by atoms with Gasteiger partial charge in [-0.25, -0.2) is 0 Å². The number of amides is 1. The van der Waals surface area contributed by atoms with Gasteiger partial charge in [-0.1, -0.05) is 0 Å². The number of nitrogens with one attached hydrogen (secondary N) is 1.